The summed E-state index contributed by atoms with van der Waals surface area (Å²) in [4.78, 5) is 16.6. The van der Waals surface area contributed by atoms with Gasteiger partial charge < -0.3 is 10.1 Å². The van der Waals surface area contributed by atoms with Crippen LogP contribution in [0.2, 0.25) is 0 Å². The predicted octanol–water partition coefficient (Wildman–Crippen LogP) is 2.10. The average Bonchev–Trinajstić information content (AvgIpc) is 3.16. The Hall–Kier alpha value is -2.29. The normalized spacial score (nSPS) is 17.2. The van der Waals surface area contributed by atoms with Crippen LogP contribution in [0.4, 0.5) is 5.82 Å². The van der Waals surface area contributed by atoms with E-state index >= 15 is 0 Å². The molecule has 1 aromatic heterocycles. The first-order valence-corrected chi connectivity index (χ1v) is 9.88. The SMILES string of the molecule is Cc1cccnc1NC(=O)c1cccc(S(=O)(=O)NCC2CCCO2)c1. The Morgan fingerprint density at radius 1 is 1.31 bits per heavy atom. The topological polar surface area (TPSA) is 97.4 Å². The molecule has 2 heterocycles. The molecule has 0 aliphatic carbocycles. The highest BCUT2D eigenvalue weighted by molar-refractivity contribution is 7.89. The van der Waals surface area contributed by atoms with Crippen LogP contribution in [0, 0.1) is 6.92 Å². The summed E-state index contributed by atoms with van der Waals surface area (Å²) in [6.07, 6.45) is 3.27. The number of nitrogens with zero attached hydrogens (tertiary/aromatic N) is 1. The molecule has 138 valence electrons. The van der Waals surface area contributed by atoms with Gasteiger partial charge in [-0.25, -0.2) is 18.1 Å². The van der Waals surface area contributed by atoms with Gasteiger partial charge in [0.2, 0.25) is 10.0 Å². The third kappa shape index (κ3) is 4.46. The predicted molar refractivity (Wildman–Crippen MR) is 97.5 cm³/mol. The Morgan fingerprint density at radius 3 is 2.88 bits per heavy atom. The maximum atomic E-state index is 12.5. The van der Waals surface area contributed by atoms with E-state index in [1.54, 1.807) is 24.4 Å². The van der Waals surface area contributed by atoms with Gasteiger partial charge in [-0.2, -0.15) is 0 Å². The third-order valence-corrected chi connectivity index (χ3v) is 5.59. The largest absolute Gasteiger partial charge is 0.377 e. The molecule has 26 heavy (non-hydrogen) atoms. The van der Waals surface area contributed by atoms with Crippen molar-refractivity contribution in [1.82, 2.24) is 9.71 Å². The van der Waals surface area contributed by atoms with Crippen molar-refractivity contribution >= 4 is 21.7 Å². The van der Waals surface area contributed by atoms with Gasteiger partial charge in [-0.1, -0.05) is 12.1 Å². The summed E-state index contributed by atoms with van der Waals surface area (Å²) >= 11 is 0. The van der Waals surface area contributed by atoms with Crippen LogP contribution in [0.25, 0.3) is 0 Å². The Kier molecular flexibility index (Phi) is 5.65. The summed E-state index contributed by atoms with van der Waals surface area (Å²) in [5.74, 6) is 0.0326. The number of nitrogens with one attached hydrogen (secondary N) is 2. The molecule has 1 fully saturated rings. The van der Waals surface area contributed by atoms with E-state index in [0.717, 1.165) is 18.4 Å². The standard InChI is InChI=1S/C18H21N3O4S/c1-13-5-3-9-19-17(13)21-18(22)14-6-2-8-16(11-14)26(23,24)20-12-15-7-4-10-25-15/h2-3,5-6,8-9,11,15,20H,4,7,10,12H2,1H3,(H,19,21,22). The van der Waals surface area contributed by atoms with Gasteiger partial charge in [0, 0.05) is 24.9 Å². The minimum atomic E-state index is -3.71. The van der Waals surface area contributed by atoms with E-state index in [1.807, 2.05) is 13.0 Å². The van der Waals surface area contributed by atoms with Crippen molar-refractivity contribution < 1.29 is 17.9 Å². The number of carbonyl (C=O) groups is 1. The molecule has 2 N–H and O–H groups in total. The highest BCUT2D eigenvalue weighted by Crippen LogP contribution is 2.16. The number of aromatic nitrogens is 1. The van der Waals surface area contributed by atoms with Gasteiger partial charge >= 0.3 is 0 Å². The lowest BCUT2D eigenvalue weighted by atomic mass is 10.2. The molecule has 3 rings (SSSR count). The smallest absolute Gasteiger partial charge is 0.256 e. The van der Waals surface area contributed by atoms with Gasteiger partial charge in [-0.05, 0) is 49.6 Å². The van der Waals surface area contributed by atoms with Gasteiger partial charge in [0.15, 0.2) is 0 Å². The number of amides is 1. The molecular formula is C18H21N3O4S. The molecule has 1 atom stereocenters. The second-order valence-electron chi connectivity index (χ2n) is 6.14. The first-order chi connectivity index (χ1) is 12.5. The molecule has 2 aromatic rings. The molecule has 1 amide bonds. The van der Waals surface area contributed by atoms with Crippen LogP contribution < -0.4 is 10.0 Å². The molecule has 0 radical (unpaired) electrons. The lowest BCUT2D eigenvalue weighted by molar-refractivity contribution is 0.102. The molecular weight excluding hydrogens is 354 g/mol. The van der Waals surface area contributed by atoms with E-state index in [9.17, 15) is 13.2 Å². The Morgan fingerprint density at radius 2 is 2.15 bits per heavy atom. The third-order valence-electron chi connectivity index (χ3n) is 4.17. The van der Waals surface area contributed by atoms with Crippen LogP contribution in [0.3, 0.4) is 0 Å². The molecule has 1 saturated heterocycles. The van der Waals surface area contributed by atoms with Crippen LogP contribution in [-0.4, -0.2) is 38.6 Å². The molecule has 0 spiro atoms. The molecule has 0 bridgehead atoms. The van der Waals surface area contributed by atoms with Crippen molar-refractivity contribution in [3.8, 4) is 0 Å². The van der Waals surface area contributed by atoms with Gasteiger partial charge in [0.1, 0.15) is 5.82 Å². The van der Waals surface area contributed by atoms with Gasteiger partial charge in [-0.3, -0.25) is 4.79 Å². The number of hydrogen-bond donors (Lipinski definition) is 2. The number of pyridine rings is 1. The summed E-state index contributed by atoms with van der Waals surface area (Å²) < 4.78 is 32.9. The molecule has 1 aromatic carbocycles. The quantitative estimate of drug-likeness (QED) is 0.806. The fraction of sp³-hybridized carbons (Fsp3) is 0.333. The number of ether oxygens (including phenoxy) is 1. The number of sulfonamides is 1. The van der Waals surface area contributed by atoms with Gasteiger partial charge in [-0.15, -0.1) is 0 Å². The second-order valence-corrected chi connectivity index (χ2v) is 7.90. The lowest BCUT2D eigenvalue weighted by Gasteiger charge is -2.12. The zero-order valence-electron chi connectivity index (χ0n) is 14.4. The van der Waals surface area contributed by atoms with Crippen LogP contribution in [0.15, 0.2) is 47.5 Å². The zero-order chi connectivity index (χ0) is 18.6. The number of anilines is 1. The number of carbonyl (C=O) groups excluding carboxylic acids is 1. The molecule has 1 aliphatic rings. The monoisotopic (exact) mass is 375 g/mol. The number of benzene rings is 1. The molecule has 7 nitrogen and oxygen atoms in total. The number of aryl methyl sites for hydroxylation is 1. The van der Waals surface area contributed by atoms with Crippen molar-refractivity contribution in [2.45, 2.75) is 30.8 Å². The first-order valence-electron chi connectivity index (χ1n) is 8.40. The summed E-state index contributed by atoms with van der Waals surface area (Å²) in [6, 6.07) is 9.52. The Bertz CT molecular complexity index is 893. The number of rotatable bonds is 6. The minimum Gasteiger partial charge on any atom is -0.377 e. The maximum Gasteiger partial charge on any atom is 0.256 e. The van der Waals surface area contributed by atoms with E-state index in [1.165, 1.54) is 12.1 Å². The fourth-order valence-corrected chi connectivity index (χ4v) is 3.80. The minimum absolute atomic E-state index is 0.0425. The van der Waals surface area contributed by atoms with E-state index in [4.69, 9.17) is 4.74 Å². The van der Waals surface area contributed by atoms with E-state index < -0.39 is 15.9 Å². The Labute approximate surface area is 152 Å². The van der Waals surface area contributed by atoms with Gasteiger partial charge in [0.25, 0.3) is 5.91 Å². The summed E-state index contributed by atoms with van der Waals surface area (Å²) in [5.41, 5.74) is 1.07. The summed E-state index contributed by atoms with van der Waals surface area (Å²) in [5, 5.41) is 2.70. The zero-order valence-corrected chi connectivity index (χ0v) is 15.3. The van der Waals surface area contributed by atoms with Crippen molar-refractivity contribution in [2.24, 2.45) is 0 Å². The summed E-state index contributed by atoms with van der Waals surface area (Å²) in [7, 11) is -3.71. The highest BCUT2D eigenvalue weighted by atomic mass is 32.2. The second kappa shape index (κ2) is 7.94. The van der Waals surface area contributed by atoms with E-state index in [2.05, 4.69) is 15.0 Å². The molecule has 1 aliphatic heterocycles. The van der Waals surface area contributed by atoms with E-state index in [-0.39, 0.29) is 23.1 Å². The molecule has 8 heteroatoms. The van der Waals surface area contributed by atoms with Crippen molar-refractivity contribution in [2.75, 3.05) is 18.5 Å². The molecule has 0 saturated carbocycles. The van der Waals surface area contributed by atoms with Crippen molar-refractivity contribution in [1.29, 1.82) is 0 Å². The average molecular weight is 375 g/mol. The van der Waals surface area contributed by atoms with Gasteiger partial charge in [0.05, 0.1) is 11.0 Å². The maximum absolute atomic E-state index is 12.5. The van der Waals surface area contributed by atoms with Crippen LogP contribution in [-0.2, 0) is 14.8 Å². The Balaban J connectivity index is 1.72. The lowest BCUT2D eigenvalue weighted by Crippen LogP contribution is -2.32. The summed E-state index contributed by atoms with van der Waals surface area (Å²) in [6.45, 7) is 2.72. The highest BCUT2D eigenvalue weighted by Gasteiger charge is 2.21. The van der Waals surface area contributed by atoms with Crippen LogP contribution in [0.5, 0.6) is 0 Å². The van der Waals surface area contributed by atoms with E-state index in [0.29, 0.717) is 12.4 Å². The van der Waals surface area contributed by atoms with Crippen molar-refractivity contribution in [3.63, 3.8) is 0 Å². The van der Waals surface area contributed by atoms with Crippen LogP contribution in [0.1, 0.15) is 28.8 Å². The number of hydrogen-bond acceptors (Lipinski definition) is 5. The first kappa shape index (κ1) is 18.5. The van der Waals surface area contributed by atoms with Crippen molar-refractivity contribution in [3.05, 3.63) is 53.7 Å². The fourth-order valence-electron chi connectivity index (χ4n) is 2.69. The molecule has 1 unspecified atom stereocenters. The van der Waals surface area contributed by atoms with Crippen LogP contribution >= 0.6 is 0 Å².